The molecule has 3 unspecified atom stereocenters. The number of hydrogen-bond acceptors (Lipinski definition) is 4. The largest absolute Gasteiger partial charge is 0.508 e. The number of phenolic OH excluding ortho intramolecular Hbond substituents is 1. The van der Waals surface area contributed by atoms with Crippen LogP contribution in [0.2, 0.25) is 0 Å². The quantitative estimate of drug-likeness (QED) is 0.754. The summed E-state index contributed by atoms with van der Waals surface area (Å²) in [6.07, 6.45) is 4.71. The van der Waals surface area contributed by atoms with Gasteiger partial charge in [0.1, 0.15) is 11.9 Å². The summed E-state index contributed by atoms with van der Waals surface area (Å²) in [7, 11) is 1.38. The molecule has 3 aliphatic rings. The number of hydrogen-bond donors (Lipinski definition) is 1. The van der Waals surface area contributed by atoms with E-state index in [1.807, 2.05) is 12.1 Å². The molecule has 0 saturated heterocycles. The molecule has 1 aromatic rings. The average Bonchev–Trinajstić information content (AvgIpc) is 2.90. The number of benzene rings is 1. The van der Waals surface area contributed by atoms with E-state index in [0.717, 1.165) is 32.1 Å². The Balaban J connectivity index is 1.64. The average molecular weight is 344 g/mol. The van der Waals surface area contributed by atoms with Crippen molar-refractivity contribution in [3.8, 4) is 5.75 Å². The zero-order chi connectivity index (χ0) is 17.8. The van der Waals surface area contributed by atoms with Crippen molar-refractivity contribution in [2.75, 3.05) is 7.11 Å². The third kappa shape index (κ3) is 2.52. The van der Waals surface area contributed by atoms with Gasteiger partial charge in [0.05, 0.1) is 7.11 Å². The van der Waals surface area contributed by atoms with Crippen molar-refractivity contribution in [1.29, 1.82) is 0 Å². The van der Waals surface area contributed by atoms with Crippen molar-refractivity contribution in [3.05, 3.63) is 29.3 Å². The lowest BCUT2D eigenvalue weighted by Crippen LogP contribution is -2.47. The van der Waals surface area contributed by atoms with Crippen molar-refractivity contribution < 1.29 is 19.4 Å². The SMILES string of the molecule is COC(=O)O[C@H]1CCC2C3C(CC[C@@]21C)c1ccc(O)cc1C[C@H]3C. The maximum atomic E-state index is 11.7. The van der Waals surface area contributed by atoms with Gasteiger partial charge in [0.25, 0.3) is 0 Å². The lowest BCUT2D eigenvalue weighted by molar-refractivity contribution is -0.0579. The number of carbonyl (C=O) groups excluding carboxylic acids is 1. The van der Waals surface area contributed by atoms with Crippen LogP contribution in [-0.2, 0) is 15.9 Å². The van der Waals surface area contributed by atoms with Gasteiger partial charge in [-0.15, -0.1) is 0 Å². The van der Waals surface area contributed by atoms with Crippen molar-refractivity contribution in [2.24, 2.45) is 23.2 Å². The Labute approximate surface area is 149 Å². The van der Waals surface area contributed by atoms with Gasteiger partial charge in [-0.1, -0.05) is 19.9 Å². The Morgan fingerprint density at radius 1 is 1.28 bits per heavy atom. The highest BCUT2D eigenvalue weighted by molar-refractivity contribution is 5.60. The fraction of sp³-hybridized carbons (Fsp3) is 0.667. The minimum Gasteiger partial charge on any atom is -0.508 e. The second-order valence-electron chi connectivity index (χ2n) is 8.54. The Bertz CT molecular complexity index is 684. The summed E-state index contributed by atoms with van der Waals surface area (Å²) in [5, 5.41) is 9.84. The fourth-order valence-corrected chi connectivity index (χ4v) is 6.27. The lowest BCUT2D eigenvalue weighted by atomic mass is 9.53. The third-order valence-corrected chi connectivity index (χ3v) is 7.38. The summed E-state index contributed by atoms with van der Waals surface area (Å²) in [4.78, 5) is 11.7. The Morgan fingerprint density at radius 3 is 2.84 bits per heavy atom. The van der Waals surface area contributed by atoms with Gasteiger partial charge in [-0.2, -0.15) is 0 Å². The number of methoxy groups -OCH3 is 1. The maximum absolute atomic E-state index is 11.7. The molecule has 0 amide bonds. The number of aromatic hydroxyl groups is 1. The summed E-state index contributed by atoms with van der Waals surface area (Å²) in [6, 6.07) is 5.92. The topological polar surface area (TPSA) is 55.8 Å². The van der Waals surface area contributed by atoms with Gasteiger partial charge < -0.3 is 14.6 Å². The van der Waals surface area contributed by atoms with Crippen LogP contribution < -0.4 is 0 Å². The van der Waals surface area contributed by atoms with Gasteiger partial charge in [0.15, 0.2) is 0 Å². The molecule has 6 atom stereocenters. The number of carbonyl (C=O) groups is 1. The van der Waals surface area contributed by atoms with E-state index in [-0.39, 0.29) is 11.5 Å². The van der Waals surface area contributed by atoms with E-state index in [9.17, 15) is 9.90 Å². The van der Waals surface area contributed by atoms with Crippen molar-refractivity contribution >= 4 is 6.16 Å². The normalized spacial score (nSPS) is 39.1. The molecule has 0 aromatic heterocycles. The molecule has 0 bridgehead atoms. The molecule has 0 aliphatic heterocycles. The van der Waals surface area contributed by atoms with Crippen molar-refractivity contribution in [2.45, 2.75) is 58.0 Å². The van der Waals surface area contributed by atoms with Crippen LogP contribution in [0.1, 0.15) is 56.6 Å². The van der Waals surface area contributed by atoms with E-state index >= 15 is 0 Å². The molecule has 1 aromatic carbocycles. The summed E-state index contributed by atoms with van der Waals surface area (Å²) < 4.78 is 10.4. The van der Waals surface area contributed by atoms with E-state index < -0.39 is 6.16 Å². The molecular formula is C21H28O4. The van der Waals surface area contributed by atoms with Crippen LogP contribution in [0.5, 0.6) is 5.75 Å². The molecule has 0 spiro atoms. The molecule has 136 valence electrons. The number of rotatable bonds is 1. The van der Waals surface area contributed by atoms with E-state index in [4.69, 9.17) is 9.47 Å². The second-order valence-corrected chi connectivity index (χ2v) is 8.54. The molecule has 3 aliphatic carbocycles. The zero-order valence-corrected chi connectivity index (χ0v) is 15.3. The van der Waals surface area contributed by atoms with Crippen LogP contribution >= 0.6 is 0 Å². The van der Waals surface area contributed by atoms with Gasteiger partial charge in [0.2, 0.25) is 0 Å². The first-order chi connectivity index (χ1) is 11.9. The Kier molecular flexibility index (Phi) is 3.97. The summed E-state index contributed by atoms with van der Waals surface area (Å²) in [5.74, 6) is 2.73. The first-order valence-corrected chi connectivity index (χ1v) is 9.50. The third-order valence-electron chi connectivity index (χ3n) is 7.38. The minimum atomic E-state index is -0.550. The monoisotopic (exact) mass is 344 g/mol. The summed E-state index contributed by atoms with van der Waals surface area (Å²) in [5.41, 5.74) is 2.80. The first-order valence-electron chi connectivity index (χ1n) is 9.50. The zero-order valence-electron chi connectivity index (χ0n) is 15.3. The Morgan fingerprint density at radius 2 is 2.08 bits per heavy atom. The van der Waals surface area contributed by atoms with Crippen LogP contribution in [0.15, 0.2) is 18.2 Å². The fourth-order valence-electron chi connectivity index (χ4n) is 6.27. The molecule has 4 nitrogen and oxygen atoms in total. The Hall–Kier alpha value is -1.71. The molecule has 25 heavy (non-hydrogen) atoms. The van der Waals surface area contributed by atoms with Crippen LogP contribution in [0, 0.1) is 23.2 Å². The minimum absolute atomic E-state index is 0.0284. The van der Waals surface area contributed by atoms with Crippen molar-refractivity contribution in [1.82, 2.24) is 0 Å². The van der Waals surface area contributed by atoms with Crippen LogP contribution in [-0.4, -0.2) is 24.5 Å². The van der Waals surface area contributed by atoms with E-state index in [1.165, 1.54) is 18.2 Å². The van der Waals surface area contributed by atoms with E-state index in [2.05, 4.69) is 19.9 Å². The number of ether oxygens (including phenoxy) is 2. The number of phenols is 1. The highest BCUT2D eigenvalue weighted by Crippen LogP contribution is 2.62. The lowest BCUT2D eigenvalue weighted by Gasteiger charge is -2.52. The molecular weight excluding hydrogens is 316 g/mol. The highest BCUT2D eigenvalue weighted by Gasteiger charge is 2.57. The molecule has 0 heterocycles. The predicted molar refractivity (Wildman–Crippen MR) is 94.5 cm³/mol. The van der Waals surface area contributed by atoms with Crippen LogP contribution in [0.25, 0.3) is 0 Å². The first kappa shape index (κ1) is 16.7. The molecule has 1 N–H and O–H groups in total. The molecule has 2 fully saturated rings. The molecule has 4 heteroatoms. The van der Waals surface area contributed by atoms with Gasteiger partial charge in [-0.3, -0.25) is 0 Å². The standard InChI is InChI=1S/C21H28O4/c1-12-10-13-11-14(22)4-5-15(13)16-8-9-21(2)17(19(12)16)6-7-18(21)25-20(23)24-3/h4-5,11-12,16-19,22H,6-10H2,1-3H3/t12-,16?,17?,18+,19?,21+/m1/s1. The van der Waals surface area contributed by atoms with Gasteiger partial charge in [0, 0.05) is 5.41 Å². The maximum Gasteiger partial charge on any atom is 0.508 e. The smallest absolute Gasteiger partial charge is 0.508 e. The number of fused-ring (bicyclic) bond motifs is 5. The molecule has 0 radical (unpaired) electrons. The highest BCUT2D eigenvalue weighted by atomic mass is 16.7. The molecule has 2 saturated carbocycles. The van der Waals surface area contributed by atoms with Gasteiger partial charge >= 0.3 is 6.16 Å². The summed E-state index contributed by atoms with van der Waals surface area (Å²) in [6.45, 7) is 4.67. The predicted octanol–water partition coefficient (Wildman–Crippen LogP) is 4.65. The second kappa shape index (κ2) is 5.93. The van der Waals surface area contributed by atoms with Crippen LogP contribution in [0.3, 0.4) is 0 Å². The van der Waals surface area contributed by atoms with Crippen LogP contribution in [0.4, 0.5) is 4.79 Å². The molecule has 4 rings (SSSR count). The van der Waals surface area contributed by atoms with Crippen molar-refractivity contribution in [3.63, 3.8) is 0 Å². The summed E-state index contributed by atoms with van der Waals surface area (Å²) >= 11 is 0. The van der Waals surface area contributed by atoms with Gasteiger partial charge in [-0.05, 0) is 79.0 Å². The van der Waals surface area contributed by atoms with E-state index in [1.54, 1.807) is 0 Å². The van der Waals surface area contributed by atoms with Gasteiger partial charge in [-0.25, -0.2) is 4.79 Å². The van der Waals surface area contributed by atoms with E-state index in [0.29, 0.717) is 29.4 Å².